The fourth-order valence-corrected chi connectivity index (χ4v) is 1.70. The van der Waals surface area contributed by atoms with Crippen LogP contribution in [0.1, 0.15) is 0 Å². The quantitative estimate of drug-likeness (QED) is 0.248. The molecule has 102 valence electrons. The average Bonchev–Trinajstić information content (AvgIpc) is 2.43. The van der Waals surface area contributed by atoms with Gasteiger partial charge in [-0.05, 0) is 12.1 Å². The summed E-state index contributed by atoms with van der Waals surface area (Å²) in [6.07, 6.45) is 0. The Labute approximate surface area is 114 Å². The minimum absolute atomic E-state index is 0.0607. The summed E-state index contributed by atoms with van der Waals surface area (Å²) in [5, 5.41) is 20.0. The van der Waals surface area contributed by atoms with E-state index >= 15 is 0 Å². The van der Waals surface area contributed by atoms with Crippen molar-refractivity contribution in [2.75, 3.05) is 5.43 Å². The van der Waals surface area contributed by atoms with Gasteiger partial charge < -0.3 is 17.2 Å². The van der Waals surface area contributed by atoms with E-state index in [4.69, 9.17) is 22.6 Å². The number of anilines is 1. The Bertz CT molecular complexity index is 700. The van der Waals surface area contributed by atoms with Gasteiger partial charge in [-0.15, -0.1) is 15.3 Å². The molecule has 8 heteroatoms. The Kier molecular flexibility index (Phi) is 3.75. The number of hydrazone groups is 1. The van der Waals surface area contributed by atoms with Crippen molar-refractivity contribution in [1.82, 2.24) is 0 Å². The molecule has 0 aliphatic heterocycles. The average molecular weight is 270 g/mol. The van der Waals surface area contributed by atoms with Gasteiger partial charge in [-0.25, -0.2) is 0 Å². The fraction of sp³-hybridized carbons (Fsp3) is 0. The van der Waals surface area contributed by atoms with Crippen molar-refractivity contribution in [2.24, 2.45) is 32.5 Å². The van der Waals surface area contributed by atoms with Crippen LogP contribution < -0.4 is 22.6 Å². The highest BCUT2D eigenvalue weighted by atomic mass is 15.3. The number of nitrogens with one attached hydrogen (secondary N) is 2. The standard InChI is InChI=1S/C12H14N8/c13-11(14)19-17-9-5-6-10(18-20-12(15)16)8-4-2-1-3-7(8)9/h1-6,17H,(H3,15,16)(H4,13,14,19). The third-order valence-corrected chi connectivity index (χ3v) is 2.47. The van der Waals surface area contributed by atoms with Crippen LogP contribution in [0, 0.1) is 5.41 Å². The molecule has 20 heavy (non-hydrogen) atoms. The molecule has 2 aromatic rings. The molecule has 0 aromatic heterocycles. The maximum Gasteiger partial charge on any atom is 0.232 e. The van der Waals surface area contributed by atoms with E-state index in [0.717, 1.165) is 16.5 Å². The molecule has 8 nitrogen and oxygen atoms in total. The molecule has 0 radical (unpaired) electrons. The Hall–Kier alpha value is -3.16. The van der Waals surface area contributed by atoms with Crippen molar-refractivity contribution in [3.05, 3.63) is 36.4 Å². The van der Waals surface area contributed by atoms with Gasteiger partial charge in [0.1, 0.15) is 0 Å². The zero-order valence-corrected chi connectivity index (χ0v) is 10.5. The summed E-state index contributed by atoms with van der Waals surface area (Å²) in [5.41, 5.74) is 19.9. The number of fused-ring (bicyclic) bond motifs is 1. The molecule has 0 saturated carbocycles. The van der Waals surface area contributed by atoms with Gasteiger partial charge in [0.25, 0.3) is 0 Å². The zero-order valence-electron chi connectivity index (χ0n) is 10.5. The van der Waals surface area contributed by atoms with Gasteiger partial charge in [0.15, 0.2) is 0 Å². The van der Waals surface area contributed by atoms with Gasteiger partial charge >= 0.3 is 0 Å². The van der Waals surface area contributed by atoms with Crippen molar-refractivity contribution in [1.29, 1.82) is 5.41 Å². The summed E-state index contributed by atoms with van der Waals surface area (Å²) in [4.78, 5) is 0. The second-order valence-electron chi connectivity index (χ2n) is 3.91. The molecular weight excluding hydrogens is 256 g/mol. The van der Waals surface area contributed by atoms with E-state index in [9.17, 15) is 0 Å². The summed E-state index contributed by atoms with van der Waals surface area (Å²) in [5.74, 6) is -0.411. The summed E-state index contributed by atoms with van der Waals surface area (Å²) in [7, 11) is 0. The number of nitrogens with two attached hydrogens (primary N) is 3. The predicted octanol–water partition coefficient (Wildman–Crippen LogP) is 1.42. The lowest BCUT2D eigenvalue weighted by Gasteiger charge is -2.07. The second kappa shape index (κ2) is 5.65. The first-order valence-electron chi connectivity index (χ1n) is 5.70. The largest absolute Gasteiger partial charge is 0.369 e. The van der Waals surface area contributed by atoms with Gasteiger partial charge in [-0.1, -0.05) is 24.3 Å². The molecule has 0 heterocycles. The van der Waals surface area contributed by atoms with Crippen molar-refractivity contribution < 1.29 is 0 Å². The number of hydrogen-bond donors (Lipinski definition) is 5. The molecule has 0 atom stereocenters. The van der Waals surface area contributed by atoms with Crippen LogP contribution in [0.15, 0.2) is 51.7 Å². The molecule has 0 fully saturated rings. The lowest BCUT2D eigenvalue weighted by Crippen LogP contribution is -2.23. The fourth-order valence-electron chi connectivity index (χ4n) is 1.70. The van der Waals surface area contributed by atoms with Crippen molar-refractivity contribution in [2.45, 2.75) is 0 Å². The highest BCUT2D eigenvalue weighted by molar-refractivity contribution is 6.01. The third kappa shape index (κ3) is 2.99. The molecule has 0 aliphatic rings. The Morgan fingerprint density at radius 3 is 2.35 bits per heavy atom. The number of azo groups is 1. The van der Waals surface area contributed by atoms with Crippen LogP contribution in [-0.2, 0) is 0 Å². The number of rotatable bonds is 3. The van der Waals surface area contributed by atoms with Crippen LogP contribution in [0.2, 0.25) is 0 Å². The summed E-state index contributed by atoms with van der Waals surface area (Å²) >= 11 is 0. The van der Waals surface area contributed by atoms with Crippen LogP contribution in [0.4, 0.5) is 11.4 Å². The van der Waals surface area contributed by atoms with Gasteiger partial charge in [-0.2, -0.15) is 0 Å². The first-order valence-corrected chi connectivity index (χ1v) is 5.70. The van der Waals surface area contributed by atoms with Crippen LogP contribution in [-0.4, -0.2) is 11.9 Å². The lowest BCUT2D eigenvalue weighted by molar-refractivity contribution is 1.22. The maximum atomic E-state index is 7.07. The van der Waals surface area contributed by atoms with Gasteiger partial charge in [0.2, 0.25) is 11.9 Å². The molecule has 2 aromatic carbocycles. The Morgan fingerprint density at radius 1 is 1.00 bits per heavy atom. The van der Waals surface area contributed by atoms with Crippen molar-refractivity contribution in [3.8, 4) is 0 Å². The van der Waals surface area contributed by atoms with Crippen LogP contribution >= 0.6 is 0 Å². The predicted molar refractivity (Wildman–Crippen MR) is 79.8 cm³/mol. The lowest BCUT2D eigenvalue weighted by atomic mass is 10.1. The van der Waals surface area contributed by atoms with E-state index in [0.29, 0.717) is 5.69 Å². The van der Waals surface area contributed by atoms with Crippen molar-refractivity contribution >= 4 is 34.1 Å². The van der Waals surface area contributed by atoms with Gasteiger partial charge in [-0.3, -0.25) is 10.8 Å². The molecule has 0 unspecified atom stereocenters. The Morgan fingerprint density at radius 2 is 1.70 bits per heavy atom. The summed E-state index contributed by atoms with van der Waals surface area (Å²) < 4.78 is 0. The molecule has 0 saturated heterocycles. The third-order valence-electron chi connectivity index (χ3n) is 2.47. The molecule has 8 N–H and O–H groups in total. The van der Waals surface area contributed by atoms with E-state index < -0.39 is 0 Å². The molecular formula is C12H14N8. The molecule has 2 rings (SSSR count). The number of nitrogens with zero attached hydrogens (tertiary/aromatic N) is 3. The number of hydrogen-bond acceptors (Lipinski definition) is 4. The summed E-state index contributed by atoms with van der Waals surface area (Å²) in [6.45, 7) is 0. The Balaban J connectivity index is 2.52. The van der Waals surface area contributed by atoms with E-state index in [1.165, 1.54) is 0 Å². The first kappa shape index (κ1) is 13.3. The summed E-state index contributed by atoms with van der Waals surface area (Å²) in [6, 6.07) is 11.0. The number of guanidine groups is 2. The molecule has 0 aliphatic carbocycles. The normalized spacial score (nSPS) is 10.6. The minimum Gasteiger partial charge on any atom is -0.369 e. The monoisotopic (exact) mass is 270 g/mol. The second-order valence-corrected chi connectivity index (χ2v) is 3.91. The first-order chi connectivity index (χ1) is 9.58. The minimum atomic E-state index is -0.350. The van der Waals surface area contributed by atoms with Gasteiger partial charge in [0.05, 0.1) is 11.4 Å². The maximum absolute atomic E-state index is 7.07. The smallest absolute Gasteiger partial charge is 0.232 e. The zero-order chi connectivity index (χ0) is 14.5. The van der Waals surface area contributed by atoms with Gasteiger partial charge in [0, 0.05) is 10.8 Å². The van der Waals surface area contributed by atoms with Crippen LogP contribution in [0.3, 0.4) is 0 Å². The molecule has 0 amide bonds. The highest BCUT2D eigenvalue weighted by Gasteiger charge is 2.05. The number of benzene rings is 2. The molecule has 0 spiro atoms. The van der Waals surface area contributed by atoms with Crippen LogP contribution in [0.5, 0.6) is 0 Å². The highest BCUT2D eigenvalue weighted by Crippen LogP contribution is 2.31. The SMILES string of the molecule is N=C(N)N=Nc1ccc(NN=C(N)N)c2ccccc12. The van der Waals surface area contributed by atoms with Crippen LogP contribution in [0.25, 0.3) is 10.8 Å². The van der Waals surface area contributed by atoms with Crippen molar-refractivity contribution in [3.63, 3.8) is 0 Å². The molecule has 0 bridgehead atoms. The van der Waals surface area contributed by atoms with E-state index in [1.807, 2.05) is 24.3 Å². The topological polar surface area (TPSA) is 151 Å². The van der Waals surface area contributed by atoms with E-state index in [2.05, 4.69) is 20.8 Å². The van der Waals surface area contributed by atoms with E-state index in [1.54, 1.807) is 12.1 Å². The van der Waals surface area contributed by atoms with E-state index in [-0.39, 0.29) is 11.9 Å².